The summed E-state index contributed by atoms with van der Waals surface area (Å²) in [5.41, 5.74) is 9.81. The summed E-state index contributed by atoms with van der Waals surface area (Å²) in [6.45, 7) is 0.440. The molecule has 0 radical (unpaired) electrons. The standard InChI is InChI=1S/C7H15NO3.C5H14N2O2.H3O4P.Pt/c1-8(2)4-3-6(5-9)7(10)11;6-1-5(2-7,3-8)4-9;1-5(2,3)4;/h6,9H,3-5H2,1-2H3,(H,10,11);8-9H,1-4,6-7H2;(H3,1,2,3,4);/q;;;+2/p-2. The van der Waals surface area contributed by atoms with Gasteiger partial charge < -0.3 is 56.3 Å². The van der Waals surface area contributed by atoms with Crippen LogP contribution in [0, 0.1) is 11.3 Å². The predicted octanol–water partition coefficient (Wildman–Crippen LogP) is -5.39. The van der Waals surface area contributed by atoms with Gasteiger partial charge in [-0.15, -0.1) is 0 Å². The Balaban J connectivity index is -0.000000146. The van der Waals surface area contributed by atoms with Gasteiger partial charge in [0.2, 0.25) is 0 Å². The second-order valence-corrected chi connectivity index (χ2v) is 6.49. The Morgan fingerprint density at radius 1 is 1.15 bits per heavy atom. The molecule has 0 aliphatic carbocycles. The minimum Gasteiger partial charge on any atom is -0.756 e. The number of hydrogen-bond donors (Lipinski definition) is 7. The predicted molar refractivity (Wildman–Crippen MR) is 85.5 cm³/mol. The molecule has 0 saturated carbocycles. The van der Waals surface area contributed by atoms with Crippen molar-refractivity contribution in [1.82, 2.24) is 4.90 Å². The van der Waals surface area contributed by atoms with E-state index in [1.807, 2.05) is 19.0 Å². The second kappa shape index (κ2) is 18.4. The van der Waals surface area contributed by atoms with Crippen molar-refractivity contribution < 1.29 is 65.5 Å². The van der Waals surface area contributed by atoms with Crippen LogP contribution in [0.2, 0.25) is 0 Å². The van der Waals surface area contributed by atoms with E-state index < -0.39 is 25.1 Å². The fourth-order valence-corrected chi connectivity index (χ4v) is 1.09. The molecule has 0 aromatic rings. The van der Waals surface area contributed by atoms with Crippen molar-refractivity contribution in [2.45, 2.75) is 6.42 Å². The van der Waals surface area contributed by atoms with Crippen LogP contribution in [0.15, 0.2) is 0 Å². The Morgan fingerprint density at radius 3 is 1.62 bits per heavy atom. The first-order valence-electron chi connectivity index (χ1n) is 7.17. The Morgan fingerprint density at radius 2 is 1.50 bits per heavy atom. The Bertz CT molecular complexity index is 355. The third kappa shape index (κ3) is 24.0. The monoisotopic (exact) mass is 586 g/mol. The number of hydrogen-bond acceptors (Lipinski definition) is 10. The molecule has 1 atom stereocenters. The van der Waals surface area contributed by atoms with Gasteiger partial charge in [-0.1, -0.05) is 0 Å². The molecule has 0 amide bonds. The van der Waals surface area contributed by atoms with Crippen molar-refractivity contribution in [3.63, 3.8) is 0 Å². The van der Waals surface area contributed by atoms with Gasteiger partial charge in [-0.05, 0) is 27.1 Å². The summed E-state index contributed by atoms with van der Waals surface area (Å²) in [5.74, 6) is -1.90. The van der Waals surface area contributed by atoms with Gasteiger partial charge in [-0.3, -0.25) is 4.57 Å². The molecule has 0 aliphatic rings. The number of phosphoric acid groups is 1. The number of rotatable bonds is 9. The summed E-state index contributed by atoms with van der Waals surface area (Å²) in [6, 6.07) is 0. The van der Waals surface area contributed by atoms with E-state index in [0.29, 0.717) is 13.0 Å². The van der Waals surface area contributed by atoms with Gasteiger partial charge in [0.15, 0.2) is 0 Å². The molecule has 1 unspecified atom stereocenters. The minimum absolute atomic E-state index is 0. The van der Waals surface area contributed by atoms with Crippen LogP contribution in [0.1, 0.15) is 6.42 Å². The molecule has 0 bridgehead atoms. The number of nitrogens with zero attached hydrogens (tertiary/aromatic N) is 1. The first-order valence-corrected chi connectivity index (χ1v) is 8.70. The number of carboxylic acid groups (broad SMARTS) is 1. The zero-order chi connectivity index (χ0) is 20.7. The van der Waals surface area contributed by atoms with E-state index in [0.717, 1.165) is 0 Å². The van der Waals surface area contributed by atoms with Crippen molar-refractivity contribution in [2.75, 3.05) is 53.6 Å². The van der Waals surface area contributed by atoms with Gasteiger partial charge in [0.1, 0.15) is 0 Å². The van der Waals surface area contributed by atoms with Crippen LogP contribution in [0.4, 0.5) is 0 Å². The van der Waals surface area contributed by atoms with Crippen LogP contribution in [0.3, 0.4) is 0 Å². The van der Waals surface area contributed by atoms with Crippen LogP contribution in [0.25, 0.3) is 0 Å². The molecule has 0 aromatic carbocycles. The maximum atomic E-state index is 10.3. The fourth-order valence-electron chi connectivity index (χ4n) is 1.09. The normalized spacial score (nSPS) is 12.1. The third-order valence-corrected chi connectivity index (χ3v) is 3.02. The summed E-state index contributed by atoms with van der Waals surface area (Å²) in [4.78, 5) is 35.0. The van der Waals surface area contributed by atoms with Crippen molar-refractivity contribution in [3.05, 3.63) is 0 Å². The maximum absolute atomic E-state index is 10.3. The topological polar surface area (TPSA) is 237 Å². The third-order valence-electron chi connectivity index (χ3n) is 3.02. The molecule has 0 saturated heterocycles. The smallest absolute Gasteiger partial charge is 0.756 e. The molecule has 0 fully saturated rings. The summed E-state index contributed by atoms with van der Waals surface area (Å²) < 4.78 is 8.77. The number of carbonyl (C=O) groups is 1. The first-order chi connectivity index (χ1) is 11.3. The molecule has 0 aromatic heterocycles. The van der Waals surface area contributed by atoms with Gasteiger partial charge in [-0.2, -0.15) is 0 Å². The second-order valence-electron chi connectivity index (χ2n) is 5.51. The molecule has 14 heteroatoms. The van der Waals surface area contributed by atoms with E-state index in [2.05, 4.69) is 0 Å². The zero-order valence-electron chi connectivity index (χ0n) is 14.8. The summed E-state index contributed by atoms with van der Waals surface area (Å²) in [6.07, 6.45) is 0.436. The molecular weight excluding hydrogens is 556 g/mol. The van der Waals surface area contributed by atoms with Crippen LogP contribution >= 0.6 is 7.82 Å². The number of aliphatic carboxylic acids is 1. The molecular formula is C12H30N3O9PPt. The first kappa shape index (κ1) is 33.6. The number of carbonyl (C=O) groups excluding carboxylic acids is 1. The summed E-state index contributed by atoms with van der Waals surface area (Å²) in [7, 11) is -1.19. The van der Waals surface area contributed by atoms with Crippen molar-refractivity contribution in [3.8, 4) is 0 Å². The Hall–Kier alpha value is 0.0283. The Kier molecular flexibility index (Phi) is 23.8. The SMILES string of the molecule is CN(C)CCC(CO)C(=O)[O-].NCC(CN)(CO)CO.O=P([O-])(O)O.[Pt+2]. The van der Waals surface area contributed by atoms with Crippen LogP contribution in [-0.4, -0.2) is 89.5 Å². The average molecular weight is 586 g/mol. The number of carboxylic acids is 1. The van der Waals surface area contributed by atoms with Crippen molar-refractivity contribution >= 4 is 13.8 Å². The van der Waals surface area contributed by atoms with Crippen molar-refractivity contribution in [1.29, 1.82) is 0 Å². The zero-order valence-corrected chi connectivity index (χ0v) is 17.9. The molecule has 0 aliphatic heterocycles. The molecule has 26 heavy (non-hydrogen) atoms. The number of nitrogens with two attached hydrogens (primary N) is 2. The fraction of sp³-hybridized carbons (Fsp3) is 0.917. The van der Waals surface area contributed by atoms with Gasteiger partial charge in [0.25, 0.3) is 7.82 Å². The number of aliphatic hydroxyl groups is 3. The van der Waals surface area contributed by atoms with E-state index in [-0.39, 0.29) is 54.0 Å². The van der Waals surface area contributed by atoms with E-state index in [1.165, 1.54) is 0 Å². The van der Waals surface area contributed by atoms with Gasteiger partial charge >= 0.3 is 21.1 Å². The summed E-state index contributed by atoms with van der Waals surface area (Å²) in [5, 5.41) is 36.1. The number of aliphatic hydroxyl groups excluding tert-OH is 3. The quantitative estimate of drug-likeness (QED) is 0.125. The molecule has 162 valence electrons. The van der Waals surface area contributed by atoms with E-state index in [1.54, 1.807) is 0 Å². The molecule has 0 heterocycles. The van der Waals surface area contributed by atoms with E-state index >= 15 is 0 Å². The average Bonchev–Trinajstić information content (AvgIpc) is 2.49. The van der Waals surface area contributed by atoms with Gasteiger partial charge in [-0.25, -0.2) is 0 Å². The largest absolute Gasteiger partial charge is 2.00 e. The van der Waals surface area contributed by atoms with Gasteiger partial charge in [0.05, 0.1) is 19.8 Å². The van der Waals surface area contributed by atoms with Crippen LogP contribution in [0.5, 0.6) is 0 Å². The maximum Gasteiger partial charge on any atom is 2.00 e. The van der Waals surface area contributed by atoms with E-state index in [9.17, 15) is 9.90 Å². The van der Waals surface area contributed by atoms with Gasteiger partial charge in [0, 0.05) is 30.4 Å². The van der Waals surface area contributed by atoms with E-state index in [4.69, 9.17) is 46.0 Å². The Labute approximate surface area is 167 Å². The summed E-state index contributed by atoms with van der Waals surface area (Å²) >= 11 is 0. The molecule has 12 nitrogen and oxygen atoms in total. The van der Waals surface area contributed by atoms with Crippen LogP contribution < -0.4 is 21.5 Å². The van der Waals surface area contributed by atoms with Crippen molar-refractivity contribution in [2.24, 2.45) is 22.8 Å². The molecule has 9 N–H and O–H groups in total. The minimum atomic E-state index is -4.89. The molecule has 0 spiro atoms. The molecule has 0 rings (SSSR count). The van der Waals surface area contributed by atoms with Crippen LogP contribution in [-0.2, 0) is 30.4 Å².